The molecule has 136 valence electrons. The molecule has 1 aliphatic rings. The van der Waals surface area contributed by atoms with Gasteiger partial charge in [0.05, 0.1) is 15.9 Å². The van der Waals surface area contributed by atoms with Crippen LogP contribution in [0.3, 0.4) is 0 Å². The van der Waals surface area contributed by atoms with E-state index in [4.69, 9.17) is 0 Å². The van der Waals surface area contributed by atoms with Crippen molar-refractivity contribution in [3.63, 3.8) is 0 Å². The maximum Gasteiger partial charge on any atom is 0.316 e. The average Bonchev–Trinajstić information content (AvgIpc) is 2.56. The van der Waals surface area contributed by atoms with Crippen LogP contribution in [0.1, 0.15) is 20.3 Å². The van der Waals surface area contributed by atoms with Gasteiger partial charge < -0.3 is 9.13 Å². The largest absolute Gasteiger partial charge is 0.316 e. The van der Waals surface area contributed by atoms with Crippen LogP contribution in [0.4, 0.5) is 0 Å². The van der Waals surface area contributed by atoms with E-state index in [1.807, 2.05) is 0 Å². The third kappa shape index (κ3) is 2.93. The zero-order valence-electron chi connectivity index (χ0n) is 14.9. The molecule has 1 saturated heterocycles. The van der Waals surface area contributed by atoms with Crippen LogP contribution < -0.4 is 11.1 Å². The number of nitrogens with zero attached hydrogens (tertiary/aromatic N) is 3. The molecule has 0 amide bonds. The van der Waals surface area contributed by atoms with Crippen molar-refractivity contribution in [2.75, 3.05) is 13.1 Å². The molecule has 8 heteroatoms. The minimum Gasteiger partial charge on any atom is -0.305 e. The van der Waals surface area contributed by atoms with E-state index in [1.54, 1.807) is 6.07 Å². The first-order chi connectivity index (χ1) is 11.6. The van der Waals surface area contributed by atoms with Crippen molar-refractivity contribution in [3.8, 4) is 0 Å². The van der Waals surface area contributed by atoms with E-state index in [0.717, 1.165) is 6.42 Å². The number of aromatic nitrogens is 2. The zero-order chi connectivity index (χ0) is 18.5. The van der Waals surface area contributed by atoms with Crippen LogP contribution in [-0.2, 0) is 24.1 Å². The molecule has 0 unspecified atom stereocenters. The zero-order valence-corrected chi connectivity index (χ0v) is 15.7. The molecule has 0 radical (unpaired) electrons. The van der Waals surface area contributed by atoms with Gasteiger partial charge in [0.1, 0.15) is 0 Å². The molecule has 7 nitrogen and oxygen atoms in total. The van der Waals surface area contributed by atoms with Crippen LogP contribution in [0.15, 0.2) is 32.7 Å². The Morgan fingerprint density at radius 2 is 1.44 bits per heavy atom. The fourth-order valence-corrected chi connectivity index (χ4v) is 5.37. The van der Waals surface area contributed by atoms with Gasteiger partial charge in [-0.25, -0.2) is 8.42 Å². The topological polar surface area (TPSA) is 81.4 Å². The third-order valence-electron chi connectivity index (χ3n) is 4.93. The van der Waals surface area contributed by atoms with Gasteiger partial charge in [0.2, 0.25) is 10.0 Å². The molecule has 0 saturated carbocycles. The van der Waals surface area contributed by atoms with Gasteiger partial charge in [0.15, 0.2) is 0 Å². The number of benzene rings is 1. The molecular weight excluding hydrogens is 342 g/mol. The number of hydrogen-bond donors (Lipinski definition) is 0. The summed E-state index contributed by atoms with van der Waals surface area (Å²) in [5.74, 6) is 0.619. The Morgan fingerprint density at radius 3 is 2.00 bits per heavy atom. The standard InChI is InChI=1S/C17H23N3O4S/c1-11-7-12(2)10-20(9-11)25(23,24)13-5-6-14-15(8-13)19(4)17(22)16(21)18(14)3/h5-6,8,11-12H,7,9-10H2,1-4H3/t11-,12-/m0/s1. The first-order valence-corrected chi connectivity index (χ1v) is 9.77. The smallest absolute Gasteiger partial charge is 0.305 e. The molecule has 2 aromatic rings. The van der Waals surface area contributed by atoms with E-state index in [1.165, 1.54) is 39.7 Å². The van der Waals surface area contributed by atoms with Gasteiger partial charge in [-0.1, -0.05) is 13.8 Å². The van der Waals surface area contributed by atoms with Crippen LogP contribution in [0, 0.1) is 11.8 Å². The lowest BCUT2D eigenvalue weighted by Crippen LogP contribution is -2.42. The summed E-state index contributed by atoms with van der Waals surface area (Å²) < 4.78 is 30.1. The SMILES string of the molecule is C[C@H]1C[C@H](C)CN(S(=O)(=O)c2ccc3c(c2)n(C)c(=O)c(=O)n3C)C1. The molecular formula is C17H23N3O4S. The van der Waals surface area contributed by atoms with Crippen LogP contribution in [0.5, 0.6) is 0 Å². The first kappa shape index (κ1) is 17.9. The molecule has 1 aliphatic heterocycles. The van der Waals surface area contributed by atoms with E-state index in [9.17, 15) is 18.0 Å². The highest BCUT2D eigenvalue weighted by atomic mass is 32.2. The number of aryl methyl sites for hydroxylation is 2. The minimum absolute atomic E-state index is 0.148. The summed E-state index contributed by atoms with van der Waals surface area (Å²) in [6, 6.07) is 4.57. The second-order valence-electron chi connectivity index (χ2n) is 7.15. The van der Waals surface area contributed by atoms with Crippen molar-refractivity contribution in [2.24, 2.45) is 25.9 Å². The van der Waals surface area contributed by atoms with E-state index >= 15 is 0 Å². The molecule has 3 rings (SSSR count). The lowest BCUT2D eigenvalue weighted by molar-refractivity contribution is 0.222. The second kappa shape index (κ2) is 6.10. The van der Waals surface area contributed by atoms with Gasteiger partial charge >= 0.3 is 11.1 Å². The Morgan fingerprint density at radius 1 is 0.920 bits per heavy atom. The Labute approximate surface area is 146 Å². The predicted molar refractivity (Wildman–Crippen MR) is 96.1 cm³/mol. The summed E-state index contributed by atoms with van der Waals surface area (Å²) in [5, 5.41) is 0. The van der Waals surface area contributed by atoms with Gasteiger partial charge in [0.25, 0.3) is 0 Å². The molecule has 0 bridgehead atoms. The highest BCUT2D eigenvalue weighted by molar-refractivity contribution is 7.89. The summed E-state index contributed by atoms with van der Waals surface area (Å²) in [7, 11) is -0.653. The minimum atomic E-state index is -3.64. The quantitative estimate of drug-likeness (QED) is 0.741. The van der Waals surface area contributed by atoms with Crippen LogP contribution in [0.2, 0.25) is 0 Å². The molecule has 1 fully saturated rings. The second-order valence-corrected chi connectivity index (χ2v) is 9.08. The molecule has 0 spiro atoms. The highest BCUT2D eigenvalue weighted by Gasteiger charge is 2.32. The Kier molecular flexibility index (Phi) is 4.36. The number of piperidine rings is 1. The number of sulfonamides is 1. The average molecular weight is 365 g/mol. The summed E-state index contributed by atoms with van der Waals surface area (Å²) >= 11 is 0. The molecule has 0 aliphatic carbocycles. The highest BCUT2D eigenvalue weighted by Crippen LogP contribution is 2.27. The monoisotopic (exact) mass is 365 g/mol. The summed E-state index contributed by atoms with van der Waals surface area (Å²) in [4.78, 5) is 24.1. The van der Waals surface area contributed by atoms with Crippen LogP contribution in [-0.4, -0.2) is 34.9 Å². The maximum absolute atomic E-state index is 13.0. The normalized spacial score (nSPS) is 22.4. The van der Waals surface area contributed by atoms with E-state index in [0.29, 0.717) is 36.0 Å². The predicted octanol–water partition coefficient (Wildman–Crippen LogP) is 0.904. The molecule has 2 heterocycles. The molecule has 0 N–H and O–H groups in total. The van der Waals surface area contributed by atoms with E-state index < -0.39 is 21.1 Å². The van der Waals surface area contributed by atoms with Crippen molar-refractivity contribution in [1.29, 1.82) is 0 Å². The van der Waals surface area contributed by atoms with Crippen LogP contribution >= 0.6 is 0 Å². The number of hydrogen-bond acceptors (Lipinski definition) is 4. The molecule has 1 aromatic carbocycles. The fourth-order valence-electron chi connectivity index (χ4n) is 3.67. The van der Waals surface area contributed by atoms with Gasteiger partial charge in [-0.05, 0) is 36.5 Å². The molecule has 1 aromatic heterocycles. The maximum atomic E-state index is 13.0. The Bertz CT molecular complexity index is 1040. The molecule has 2 atom stereocenters. The van der Waals surface area contributed by atoms with Gasteiger partial charge in [-0.3, -0.25) is 9.59 Å². The Hall–Kier alpha value is -1.93. The summed E-state index contributed by atoms with van der Waals surface area (Å²) in [6.45, 7) is 5.10. The van der Waals surface area contributed by atoms with Crippen molar-refractivity contribution in [1.82, 2.24) is 13.4 Å². The van der Waals surface area contributed by atoms with Crippen molar-refractivity contribution in [2.45, 2.75) is 25.2 Å². The lowest BCUT2D eigenvalue weighted by Gasteiger charge is -2.34. The van der Waals surface area contributed by atoms with Crippen molar-refractivity contribution in [3.05, 3.63) is 38.9 Å². The number of fused-ring (bicyclic) bond motifs is 1. The van der Waals surface area contributed by atoms with Gasteiger partial charge in [-0.2, -0.15) is 4.31 Å². The van der Waals surface area contributed by atoms with Gasteiger partial charge in [-0.15, -0.1) is 0 Å². The van der Waals surface area contributed by atoms with E-state index in [2.05, 4.69) is 13.8 Å². The third-order valence-corrected chi connectivity index (χ3v) is 6.76. The summed E-state index contributed by atoms with van der Waals surface area (Å²) in [6.07, 6.45) is 1.01. The van der Waals surface area contributed by atoms with Crippen molar-refractivity contribution >= 4 is 21.1 Å². The number of rotatable bonds is 2. The lowest BCUT2D eigenvalue weighted by atomic mass is 9.94. The summed E-state index contributed by atoms with van der Waals surface area (Å²) in [5.41, 5.74) is -0.369. The molecule has 25 heavy (non-hydrogen) atoms. The Balaban J connectivity index is 2.16. The first-order valence-electron chi connectivity index (χ1n) is 8.33. The van der Waals surface area contributed by atoms with Crippen LogP contribution in [0.25, 0.3) is 11.0 Å². The van der Waals surface area contributed by atoms with Crippen molar-refractivity contribution < 1.29 is 8.42 Å². The van der Waals surface area contributed by atoms with Gasteiger partial charge in [0, 0.05) is 27.2 Å². The fraction of sp³-hybridized carbons (Fsp3) is 0.529. The van der Waals surface area contributed by atoms with E-state index in [-0.39, 0.29) is 4.90 Å².